The molecule has 0 atom stereocenters. The Labute approximate surface area is 122 Å². The van der Waals surface area contributed by atoms with Crippen LogP contribution in [0.3, 0.4) is 0 Å². The summed E-state index contributed by atoms with van der Waals surface area (Å²) in [6.07, 6.45) is 4.85. The molecule has 20 heavy (non-hydrogen) atoms. The van der Waals surface area contributed by atoms with E-state index in [2.05, 4.69) is 23.5 Å². The molecule has 2 N–H and O–H groups in total. The molecule has 2 aromatic rings. The topological polar surface area (TPSA) is 49.3 Å². The molecule has 0 saturated heterocycles. The Kier molecular flexibility index (Phi) is 3.74. The Bertz CT molecular complexity index is 633. The molecule has 4 heteroatoms. The van der Waals surface area contributed by atoms with E-state index in [4.69, 9.17) is 5.11 Å². The minimum Gasteiger partial charge on any atom is -0.477 e. The van der Waals surface area contributed by atoms with Gasteiger partial charge in [-0.1, -0.05) is 12.1 Å². The number of aryl methyl sites for hydroxylation is 1. The highest BCUT2D eigenvalue weighted by atomic mass is 32.1. The number of carbonyl (C=O) groups is 1. The van der Waals surface area contributed by atoms with Crippen LogP contribution in [0, 0.1) is 0 Å². The van der Waals surface area contributed by atoms with Crippen LogP contribution in [0.2, 0.25) is 0 Å². The van der Waals surface area contributed by atoms with Crippen molar-refractivity contribution in [1.29, 1.82) is 0 Å². The van der Waals surface area contributed by atoms with E-state index in [9.17, 15) is 4.79 Å². The Morgan fingerprint density at radius 3 is 2.85 bits per heavy atom. The zero-order valence-electron chi connectivity index (χ0n) is 11.2. The van der Waals surface area contributed by atoms with Gasteiger partial charge in [-0.15, -0.1) is 11.3 Å². The number of fused-ring (bicyclic) bond motifs is 1. The SMILES string of the molecule is O=C(O)c1ccc(CNc2cccc3c2CCCC3)s1. The number of rotatable bonds is 4. The smallest absolute Gasteiger partial charge is 0.345 e. The van der Waals surface area contributed by atoms with Crippen molar-refractivity contribution in [3.8, 4) is 0 Å². The van der Waals surface area contributed by atoms with Gasteiger partial charge in [-0.2, -0.15) is 0 Å². The molecule has 0 amide bonds. The first-order valence-electron chi connectivity index (χ1n) is 6.90. The van der Waals surface area contributed by atoms with E-state index in [0.717, 1.165) is 11.3 Å². The highest BCUT2D eigenvalue weighted by molar-refractivity contribution is 7.13. The van der Waals surface area contributed by atoms with Gasteiger partial charge in [-0.25, -0.2) is 4.79 Å². The van der Waals surface area contributed by atoms with Gasteiger partial charge in [-0.3, -0.25) is 0 Å². The number of carboxylic acid groups (broad SMARTS) is 1. The van der Waals surface area contributed by atoms with Gasteiger partial charge in [0.2, 0.25) is 0 Å². The lowest BCUT2D eigenvalue weighted by atomic mass is 9.90. The summed E-state index contributed by atoms with van der Waals surface area (Å²) in [5, 5.41) is 12.4. The first-order valence-corrected chi connectivity index (χ1v) is 7.72. The highest BCUT2D eigenvalue weighted by Crippen LogP contribution is 2.28. The third kappa shape index (κ3) is 2.70. The lowest BCUT2D eigenvalue weighted by Crippen LogP contribution is -2.08. The van der Waals surface area contributed by atoms with E-state index in [0.29, 0.717) is 11.4 Å². The Hall–Kier alpha value is -1.81. The minimum absolute atomic E-state index is 0.400. The average molecular weight is 287 g/mol. The van der Waals surface area contributed by atoms with Crippen LogP contribution in [-0.4, -0.2) is 11.1 Å². The number of thiophene rings is 1. The fourth-order valence-electron chi connectivity index (χ4n) is 2.72. The van der Waals surface area contributed by atoms with Crippen molar-refractivity contribution in [3.05, 3.63) is 51.2 Å². The van der Waals surface area contributed by atoms with Crippen LogP contribution < -0.4 is 5.32 Å². The monoisotopic (exact) mass is 287 g/mol. The zero-order valence-corrected chi connectivity index (χ0v) is 12.0. The van der Waals surface area contributed by atoms with E-state index < -0.39 is 5.97 Å². The van der Waals surface area contributed by atoms with Gasteiger partial charge in [0.05, 0.1) is 0 Å². The van der Waals surface area contributed by atoms with E-state index in [1.54, 1.807) is 6.07 Å². The number of hydrogen-bond donors (Lipinski definition) is 2. The molecule has 1 heterocycles. The van der Waals surface area contributed by atoms with Crippen molar-refractivity contribution >= 4 is 23.0 Å². The summed E-state index contributed by atoms with van der Waals surface area (Å²) >= 11 is 1.34. The van der Waals surface area contributed by atoms with Crippen molar-refractivity contribution in [3.63, 3.8) is 0 Å². The number of carboxylic acids is 1. The lowest BCUT2D eigenvalue weighted by molar-refractivity contribution is 0.0702. The summed E-state index contributed by atoms with van der Waals surface area (Å²) in [4.78, 5) is 12.3. The standard InChI is InChI=1S/C16H17NO2S/c18-16(19)15-9-8-12(20-15)10-17-14-7-3-5-11-4-1-2-6-13(11)14/h3,5,7-9,17H,1-2,4,6,10H2,(H,18,19). The minimum atomic E-state index is -0.849. The van der Waals surface area contributed by atoms with E-state index in [-0.39, 0.29) is 0 Å². The Balaban J connectivity index is 1.73. The number of hydrogen-bond acceptors (Lipinski definition) is 3. The van der Waals surface area contributed by atoms with Crippen LogP contribution in [0.4, 0.5) is 5.69 Å². The molecule has 3 rings (SSSR count). The van der Waals surface area contributed by atoms with Crippen LogP contribution in [-0.2, 0) is 19.4 Å². The second kappa shape index (κ2) is 5.67. The molecule has 1 aliphatic rings. The van der Waals surface area contributed by atoms with E-state index in [1.807, 2.05) is 6.07 Å². The highest BCUT2D eigenvalue weighted by Gasteiger charge is 2.13. The summed E-state index contributed by atoms with van der Waals surface area (Å²) in [5.74, 6) is -0.849. The molecular formula is C16H17NO2S. The van der Waals surface area contributed by atoms with Crippen molar-refractivity contribution in [1.82, 2.24) is 0 Å². The Morgan fingerprint density at radius 2 is 2.05 bits per heavy atom. The second-order valence-electron chi connectivity index (χ2n) is 5.08. The van der Waals surface area contributed by atoms with Crippen molar-refractivity contribution in [2.75, 3.05) is 5.32 Å². The molecule has 0 fully saturated rings. The number of aromatic carboxylic acids is 1. The van der Waals surface area contributed by atoms with E-state index >= 15 is 0 Å². The van der Waals surface area contributed by atoms with Gasteiger partial charge < -0.3 is 10.4 Å². The van der Waals surface area contributed by atoms with Gasteiger partial charge in [0, 0.05) is 17.1 Å². The molecule has 3 nitrogen and oxygen atoms in total. The quantitative estimate of drug-likeness (QED) is 0.895. The molecule has 0 saturated carbocycles. The predicted octanol–water partition coefficient (Wildman–Crippen LogP) is 3.94. The van der Waals surface area contributed by atoms with Crippen molar-refractivity contribution in [2.24, 2.45) is 0 Å². The molecule has 0 bridgehead atoms. The number of nitrogens with one attached hydrogen (secondary N) is 1. The summed E-state index contributed by atoms with van der Waals surface area (Å²) in [7, 11) is 0. The molecule has 104 valence electrons. The number of benzene rings is 1. The summed E-state index contributed by atoms with van der Waals surface area (Å²) in [6, 6.07) is 9.99. The summed E-state index contributed by atoms with van der Waals surface area (Å²) in [6.45, 7) is 0.689. The zero-order chi connectivity index (χ0) is 13.9. The lowest BCUT2D eigenvalue weighted by Gasteiger charge is -2.19. The van der Waals surface area contributed by atoms with Crippen molar-refractivity contribution in [2.45, 2.75) is 32.2 Å². The van der Waals surface area contributed by atoms with Crippen LogP contribution >= 0.6 is 11.3 Å². The van der Waals surface area contributed by atoms with Gasteiger partial charge >= 0.3 is 5.97 Å². The van der Waals surface area contributed by atoms with Crippen LogP contribution in [0.1, 0.15) is 38.5 Å². The van der Waals surface area contributed by atoms with E-state index in [1.165, 1.54) is 47.4 Å². The van der Waals surface area contributed by atoms with Crippen molar-refractivity contribution < 1.29 is 9.90 Å². The molecule has 1 aromatic carbocycles. The molecule has 1 aromatic heterocycles. The normalized spacial score (nSPS) is 13.8. The maximum atomic E-state index is 10.9. The molecular weight excluding hydrogens is 270 g/mol. The average Bonchev–Trinajstić information content (AvgIpc) is 2.94. The van der Waals surface area contributed by atoms with Gasteiger partial charge in [0.1, 0.15) is 4.88 Å². The second-order valence-corrected chi connectivity index (χ2v) is 6.24. The van der Waals surface area contributed by atoms with Gasteiger partial charge in [0.15, 0.2) is 0 Å². The molecule has 0 spiro atoms. The fraction of sp³-hybridized carbons (Fsp3) is 0.312. The fourth-order valence-corrected chi connectivity index (χ4v) is 3.50. The maximum Gasteiger partial charge on any atom is 0.345 e. The summed E-state index contributed by atoms with van der Waals surface area (Å²) < 4.78 is 0. The van der Waals surface area contributed by atoms with Crippen LogP contribution in [0.25, 0.3) is 0 Å². The molecule has 0 radical (unpaired) electrons. The first-order chi connectivity index (χ1) is 9.74. The van der Waals surface area contributed by atoms with Crippen LogP contribution in [0.5, 0.6) is 0 Å². The molecule has 0 aliphatic heterocycles. The third-order valence-electron chi connectivity index (χ3n) is 3.72. The predicted molar refractivity (Wildman–Crippen MR) is 81.7 cm³/mol. The third-order valence-corrected chi connectivity index (χ3v) is 4.79. The maximum absolute atomic E-state index is 10.9. The van der Waals surface area contributed by atoms with Gasteiger partial charge in [-0.05, 0) is 55.0 Å². The van der Waals surface area contributed by atoms with Gasteiger partial charge in [0.25, 0.3) is 0 Å². The largest absolute Gasteiger partial charge is 0.477 e. The molecule has 0 unspecified atom stereocenters. The molecule has 1 aliphatic carbocycles. The Morgan fingerprint density at radius 1 is 1.20 bits per heavy atom. The first kappa shape index (κ1) is 13.2. The number of anilines is 1. The van der Waals surface area contributed by atoms with Crippen LogP contribution in [0.15, 0.2) is 30.3 Å². The summed E-state index contributed by atoms with van der Waals surface area (Å²) in [5.41, 5.74) is 4.10.